The Morgan fingerprint density at radius 3 is 2.35 bits per heavy atom. The molecule has 0 saturated carbocycles. The summed E-state index contributed by atoms with van der Waals surface area (Å²) in [5.74, 6) is 0.290. The van der Waals surface area contributed by atoms with E-state index in [1.807, 2.05) is 6.92 Å². The van der Waals surface area contributed by atoms with Gasteiger partial charge in [0.2, 0.25) is 0 Å². The second-order valence-corrected chi connectivity index (χ2v) is 7.55. The summed E-state index contributed by atoms with van der Waals surface area (Å²) in [5, 5.41) is 2.74. The molecule has 1 amide bonds. The van der Waals surface area contributed by atoms with Crippen LogP contribution in [-0.4, -0.2) is 33.7 Å². The van der Waals surface area contributed by atoms with Crippen molar-refractivity contribution in [1.82, 2.24) is 0 Å². The molecular formula is C18H23ClN2O4S. The van der Waals surface area contributed by atoms with Crippen LogP contribution in [-0.2, 0) is 16.3 Å². The lowest BCUT2D eigenvalue weighted by Gasteiger charge is -2.10. The number of hydrogen-bond donors (Lipinski definition) is 2. The van der Waals surface area contributed by atoms with Gasteiger partial charge in [-0.2, -0.15) is 0 Å². The van der Waals surface area contributed by atoms with Gasteiger partial charge in [0.15, 0.2) is 9.84 Å². The number of halogens is 1. The van der Waals surface area contributed by atoms with E-state index in [-0.39, 0.29) is 23.2 Å². The molecular weight excluding hydrogens is 376 g/mol. The molecule has 0 aliphatic carbocycles. The van der Waals surface area contributed by atoms with Crippen LogP contribution in [0.3, 0.4) is 0 Å². The highest BCUT2D eigenvalue weighted by Crippen LogP contribution is 2.20. The molecule has 3 N–H and O–H groups in total. The van der Waals surface area contributed by atoms with E-state index in [1.165, 1.54) is 6.07 Å². The second kappa shape index (κ2) is 9.56. The normalized spacial score (nSPS) is 10.7. The van der Waals surface area contributed by atoms with Gasteiger partial charge in [-0.25, -0.2) is 8.42 Å². The van der Waals surface area contributed by atoms with Crippen LogP contribution in [0.1, 0.15) is 22.8 Å². The third-order valence-electron chi connectivity index (χ3n) is 3.61. The molecule has 2 aromatic carbocycles. The van der Waals surface area contributed by atoms with Crippen molar-refractivity contribution >= 4 is 33.8 Å². The van der Waals surface area contributed by atoms with E-state index in [2.05, 4.69) is 5.32 Å². The van der Waals surface area contributed by atoms with Crippen LogP contribution in [0.15, 0.2) is 47.4 Å². The number of ether oxygens (including phenoxy) is 1. The second-order valence-electron chi connectivity index (χ2n) is 5.56. The minimum absolute atomic E-state index is 0. The Bertz CT molecular complexity index is 852. The highest BCUT2D eigenvalue weighted by molar-refractivity contribution is 7.90. The molecule has 0 unspecified atom stereocenters. The average Bonchev–Trinajstić information content (AvgIpc) is 2.59. The molecule has 0 bridgehead atoms. The lowest BCUT2D eigenvalue weighted by Crippen LogP contribution is -2.14. The Balaban J connectivity index is 0.00000338. The number of carbonyl (C=O) groups is 1. The molecule has 0 saturated heterocycles. The molecule has 26 heavy (non-hydrogen) atoms. The van der Waals surface area contributed by atoms with Crippen molar-refractivity contribution in [1.29, 1.82) is 0 Å². The zero-order chi connectivity index (χ0) is 18.4. The van der Waals surface area contributed by atoms with E-state index in [1.54, 1.807) is 36.4 Å². The summed E-state index contributed by atoms with van der Waals surface area (Å²) in [6.07, 6.45) is 1.72. The number of hydrogen-bond acceptors (Lipinski definition) is 5. The summed E-state index contributed by atoms with van der Waals surface area (Å²) in [5.41, 5.74) is 6.95. The SMILES string of the molecule is CCc1ccc(C(=O)Nc2ccc(OCCN)cc2)cc1S(C)(=O)=O.Cl. The van der Waals surface area contributed by atoms with Crippen LogP contribution in [0.25, 0.3) is 0 Å². The lowest BCUT2D eigenvalue weighted by atomic mass is 10.1. The Morgan fingerprint density at radius 2 is 1.81 bits per heavy atom. The summed E-state index contributed by atoms with van der Waals surface area (Å²) in [4.78, 5) is 12.6. The summed E-state index contributed by atoms with van der Waals surface area (Å²) >= 11 is 0. The molecule has 2 rings (SSSR count). The van der Waals surface area contributed by atoms with Gasteiger partial charge in [-0.15, -0.1) is 12.4 Å². The first-order chi connectivity index (χ1) is 11.8. The van der Waals surface area contributed by atoms with Crippen LogP contribution >= 0.6 is 12.4 Å². The molecule has 0 spiro atoms. The molecule has 8 heteroatoms. The first kappa shape index (κ1) is 22.0. The van der Waals surface area contributed by atoms with Gasteiger partial charge in [0.05, 0.1) is 4.90 Å². The van der Waals surface area contributed by atoms with E-state index in [0.717, 1.165) is 6.26 Å². The Kier molecular flexibility index (Phi) is 8.08. The van der Waals surface area contributed by atoms with Gasteiger partial charge < -0.3 is 15.8 Å². The minimum Gasteiger partial charge on any atom is -0.492 e. The molecule has 142 valence electrons. The number of carbonyl (C=O) groups excluding carboxylic acids is 1. The number of sulfone groups is 1. The van der Waals surface area contributed by atoms with Gasteiger partial charge in [-0.05, 0) is 48.4 Å². The topological polar surface area (TPSA) is 98.5 Å². The minimum atomic E-state index is -3.40. The van der Waals surface area contributed by atoms with Gasteiger partial charge in [0.25, 0.3) is 5.91 Å². The molecule has 0 aromatic heterocycles. The van der Waals surface area contributed by atoms with Crippen molar-refractivity contribution in [2.75, 3.05) is 24.7 Å². The number of aryl methyl sites for hydroxylation is 1. The molecule has 0 aliphatic heterocycles. The predicted octanol–water partition coefficient (Wildman–Crippen LogP) is 2.66. The van der Waals surface area contributed by atoms with Crippen molar-refractivity contribution in [3.63, 3.8) is 0 Å². The zero-order valence-corrected chi connectivity index (χ0v) is 16.3. The van der Waals surface area contributed by atoms with Crippen molar-refractivity contribution in [2.45, 2.75) is 18.2 Å². The third kappa shape index (κ3) is 5.72. The van der Waals surface area contributed by atoms with Crippen molar-refractivity contribution in [2.24, 2.45) is 5.73 Å². The quantitative estimate of drug-likeness (QED) is 0.747. The van der Waals surface area contributed by atoms with E-state index < -0.39 is 9.84 Å². The largest absolute Gasteiger partial charge is 0.492 e. The summed E-state index contributed by atoms with van der Waals surface area (Å²) in [6.45, 7) is 2.72. The number of nitrogens with one attached hydrogen (secondary N) is 1. The third-order valence-corrected chi connectivity index (χ3v) is 4.79. The number of benzene rings is 2. The summed E-state index contributed by atoms with van der Waals surface area (Å²) in [7, 11) is -3.40. The number of anilines is 1. The highest BCUT2D eigenvalue weighted by Gasteiger charge is 2.16. The molecule has 2 aromatic rings. The van der Waals surface area contributed by atoms with Crippen LogP contribution in [0.2, 0.25) is 0 Å². The van der Waals surface area contributed by atoms with E-state index in [9.17, 15) is 13.2 Å². The van der Waals surface area contributed by atoms with Gasteiger partial charge in [0, 0.05) is 24.1 Å². The van der Waals surface area contributed by atoms with Gasteiger partial charge in [-0.1, -0.05) is 13.0 Å². The standard InChI is InChI=1S/C18H22N2O4S.ClH/c1-3-13-4-5-14(12-17(13)25(2,22)23)18(21)20-15-6-8-16(9-7-15)24-11-10-19;/h4-9,12H,3,10-11,19H2,1-2H3,(H,20,21);1H. The van der Waals surface area contributed by atoms with Crippen LogP contribution < -0.4 is 15.8 Å². The smallest absolute Gasteiger partial charge is 0.255 e. The van der Waals surface area contributed by atoms with Crippen molar-refractivity contribution < 1.29 is 17.9 Å². The van der Waals surface area contributed by atoms with Crippen molar-refractivity contribution in [3.05, 3.63) is 53.6 Å². The van der Waals surface area contributed by atoms with E-state index >= 15 is 0 Å². The first-order valence-corrected chi connectivity index (χ1v) is 9.81. The summed E-state index contributed by atoms with van der Waals surface area (Å²) in [6, 6.07) is 11.6. The van der Waals surface area contributed by atoms with Crippen LogP contribution in [0, 0.1) is 0 Å². The van der Waals surface area contributed by atoms with Gasteiger partial charge in [-0.3, -0.25) is 4.79 Å². The average molecular weight is 399 g/mol. The Hall–Kier alpha value is -2.09. The molecule has 6 nitrogen and oxygen atoms in total. The monoisotopic (exact) mass is 398 g/mol. The van der Waals surface area contributed by atoms with Gasteiger partial charge in [0.1, 0.15) is 12.4 Å². The number of amides is 1. The van der Waals surface area contributed by atoms with Crippen LogP contribution in [0.5, 0.6) is 5.75 Å². The summed E-state index contributed by atoms with van der Waals surface area (Å²) < 4.78 is 29.2. The maximum absolute atomic E-state index is 12.4. The molecule has 0 radical (unpaired) electrons. The molecule has 0 fully saturated rings. The van der Waals surface area contributed by atoms with Crippen molar-refractivity contribution in [3.8, 4) is 5.75 Å². The molecule has 0 atom stereocenters. The highest BCUT2D eigenvalue weighted by atomic mass is 35.5. The van der Waals surface area contributed by atoms with E-state index in [4.69, 9.17) is 10.5 Å². The maximum Gasteiger partial charge on any atom is 0.255 e. The fourth-order valence-corrected chi connectivity index (χ4v) is 3.38. The zero-order valence-electron chi connectivity index (χ0n) is 14.7. The molecule has 0 heterocycles. The lowest BCUT2D eigenvalue weighted by molar-refractivity contribution is 0.102. The fraction of sp³-hybridized carbons (Fsp3) is 0.278. The fourth-order valence-electron chi connectivity index (χ4n) is 2.35. The van der Waals surface area contributed by atoms with E-state index in [0.29, 0.717) is 42.1 Å². The Labute approximate surface area is 160 Å². The number of rotatable bonds is 7. The predicted molar refractivity (Wildman–Crippen MR) is 105 cm³/mol. The van der Waals surface area contributed by atoms with Gasteiger partial charge >= 0.3 is 0 Å². The maximum atomic E-state index is 12.4. The van der Waals surface area contributed by atoms with Crippen LogP contribution in [0.4, 0.5) is 5.69 Å². The number of nitrogens with two attached hydrogens (primary N) is 1. The first-order valence-electron chi connectivity index (χ1n) is 7.92. The molecule has 0 aliphatic rings. The Morgan fingerprint density at radius 1 is 1.15 bits per heavy atom.